The molecule has 19 heavy (non-hydrogen) atoms. The molecule has 1 saturated heterocycles. The summed E-state index contributed by atoms with van der Waals surface area (Å²) in [7, 11) is -3.33. The number of amides is 1. The average Bonchev–Trinajstić information content (AvgIpc) is 2.81. The monoisotopic (exact) mass is 346 g/mol. The third kappa shape index (κ3) is 3.55. The minimum atomic E-state index is -3.33. The molecule has 1 amide bonds. The standard InChI is InChI=1S/C12H15BrN2O3S/c1-19(17,18)15-8-2-3-11(15)12(16)14-10-6-4-9(13)5-7-10/h4-7,11H,2-3,8H2,1H3,(H,14,16). The van der Waals surface area contributed by atoms with Gasteiger partial charge in [-0.05, 0) is 37.1 Å². The van der Waals surface area contributed by atoms with Crippen LogP contribution < -0.4 is 5.32 Å². The lowest BCUT2D eigenvalue weighted by molar-refractivity contribution is -0.119. The number of carbonyl (C=O) groups excluding carboxylic acids is 1. The Bertz CT molecular complexity index is 571. The molecule has 1 aliphatic rings. The number of benzene rings is 1. The van der Waals surface area contributed by atoms with E-state index in [1.54, 1.807) is 12.1 Å². The molecule has 0 spiro atoms. The van der Waals surface area contributed by atoms with Crippen molar-refractivity contribution < 1.29 is 13.2 Å². The molecule has 1 fully saturated rings. The molecule has 0 aliphatic carbocycles. The summed E-state index contributed by atoms with van der Waals surface area (Å²) >= 11 is 3.31. The van der Waals surface area contributed by atoms with Crippen LogP contribution in [0, 0.1) is 0 Å². The van der Waals surface area contributed by atoms with Gasteiger partial charge in [-0.15, -0.1) is 0 Å². The van der Waals surface area contributed by atoms with Crippen LogP contribution in [0.1, 0.15) is 12.8 Å². The summed E-state index contributed by atoms with van der Waals surface area (Å²) in [6.45, 7) is 0.414. The van der Waals surface area contributed by atoms with Gasteiger partial charge >= 0.3 is 0 Å². The van der Waals surface area contributed by atoms with Gasteiger partial charge in [-0.1, -0.05) is 15.9 Å². The molecule has 104 valence electrons. The Hall–Kier alpha value is -0.920. The molecular weight excluding hydrogens is 332 g/mol. The maximum absolute atomic E-state index is 12.1. The first-order chi connectivity index (χ1) is 8.88. The van der Waals surface area contributed by atoms with Gasteiger partial charge in [0.15, 0.2) is 0 Å². The van der Waals surface area contributed by atoms with Crippen LogP contribution in [-0.4, -0.2) is 37.5 Å². The highest BCUT2D eigenvalue weighted by Crippen LogP contribution is 2.22. The largest absolute Gasteiger partial charge is 0.325 e. The normalized spacial score (nSPS) is 20.4. The van der Waals surface area contributed by atoms with E-state index >= 15 is 0 Å². The molecule has 0 saturated carbocycles. The second kappa shape index (κ2) is 5.60. The number of nitrogens with zero attached hydrogens (tertiary/aromatic N) is 1. The van der Waals surface area contributed by atoms with E-state index in [2.05, 4.69) is 21.2 Å². The van der Waals surface area contributed by atoms with Crippen LogP contribution in [0.4, 0.5) is 5.69 Å². The summed E-state index contributed by atoms with van der Waals surface area (Å²) in [5.41, 5.74) is 0.661. The highest BCUT2D eigenvalue weighted by molar-refractivity contribution is 9.10. The summed E-state index contributed by atoms with van der Waals surface area (Å²) in [4.78, 5) is 12.1. The van der Waals surface area contributed by atoms with Crippen molar-refractivity contribution in [2.24, 2.45) is 0 Å². The lowest BCUT2D eigenvalue weighted by atomic mass is 10.2. The first-order valence-corrected chi connectivity index (χ1v) is 8.55. The van der Waals surface area contributed by atoms with Crippen LogP contribution in [0.5, 0.6) is 0 Å². The summed E-state index contributed by atoms with van der Waals surface area (Å²) in [6.07, 6.45) is 2.42. The second-order valence-electron chi connectivity index (χ2n) is 4.53. The van der Waals surface area contributed by atoms with Crippen molar-refractivity contribution in [3.63, 3.8) is 0 Å². The van der Waals surface area contributed by atoms with Gasteiger partial charge in [-0.25, -0.2) is 8.42 Å². The van der Waals surface area contributed by atoms with Crippen LogP contribution in [0.25, 0.3) is 0 Å². The van der Waals surface area contributed by atoms with Crippen molar-refractivity contribution in [1.29, 1.82) is 0 Å². The summed E-state index contributed by atoms with van der Waals surface area (Å²) in [5.74, 6) is -0.273. The fourth-order valence-electron chi connectivity index (χ4n) is 2.16. The Morgan fingerprint density at radius 3 is 2.58 bits per heavy atom. The van der Waals surface area contributed by atoms with Crippen LogP contribution in [-0.2, 0) is 14.8 Å². The Labute approximate surface area is 121 Å². The molecule has 0 radical (unpaired) electrons. The van der Waals surface area contributed by atoms with E-state index < -0.39 is 16.1 Å². The molecule has 1 aromatic carbocycles. The topological polar surface area (TPSA) is 66.5 Å². The summed E-state index contributed by atoms with van der Waals surface area (Å²) in [6, 6.07) is 6.57. The molecule has 1 aromatic rings. The zero-order valence-corrected chi connectivity index (χ0v) is 12.9. The fraction of sp³-hybridized carbons (Fsp3) is 0.417. The molecule has 0 bridgehead atoms. The number of rotatable bonds is 3. The van der Waals surface area contributed by atoms with Gasteiger partial charge in [0.1, 0.15) is 6.04 Å². The van der Waals surface area contributed by atoms with E-state index in [9.17, 15) is 13.2 Å². The number of hydrogen-bond donors (Lipinski definition) is 1. The molecule has 7 heteroatoms. The van der Waals surface area contributed by atoms with Gasteiger partial charge in [-0.3, -0.25) is 4.79 Å². The Balaban J connectivity index is 2.09. The predicted octanol–water partition coefficient (Wildman–Crippen LogP) is 1.81. The van der Waals surface area contributed by atoms with Crippen molar-refractivity contribution in [2.45, 2.75) is 18.9 Å². The molecule has 0 aromatic heterocycles. The van der Waals surface area contributed by atoms with Gasteiger partial charge < -0.3 is 5.32 Å². The number of halogens is 1. The number of hydrogen-bond acceptors (Lipinski definition) is 3. The van der Waals surface area contributed by atoms with E-state index in [0.717, 1.165) is 10.7 Å². The third-order valence-corrected chi connectivity index (χ3v) is 4.86. The van der Waals surface area contributed by atoms with Gasteiger partial charge in [0.2, 0.25) is 15.9 Å². The first-order valence-electron chi connectivity index (χ1n) is 5.91. The second-order valence-corrected chi connectivity index (χ2v) is 7.38. The van der Waals surface area contributed by atoms with Gasteiger partial charge in [0.25, 0.3) is 0 Å². The molecule has 2 rings (SSSR count). The maximum atomic E-state index is 12.1. The number of anilines is 1. The summed E-state index contributed by atoms with van der Waals surface area (Å²) < 4.78 is 25.4. The molecule has 1 heterocycles. The van der Waals surface area contributed by atoms with Gasteiger partial charge in [-0.2, -0.15) is 4.31 Å². The van der Waals surface area contributed by atoms with Crippen molar-refractivity contribution in [3.8, 4) is 0 Å². The minimum Gasteiger partial charge on any atom is -0.325 e. The molecule has 5 nitrogen and oxygen atoms in total. The minimum absolute atomic E-state index is 0.273. The molecule has 1 atom stereocenters. The zero-order valence-electron chi connectivity index (χ0n) is 10.5. The highest BCUT2D eigenvalue weighted by atomic mass is 79.9. The Kier molecular flexibility index (Phi) is 4.27. The molecule has 1 aliphatic heterocycles. The van der Waals surface area contributed by atoms with Gasteiger partial charge in [0, 0.05) is 16.7 Å². The van der Waals surface area contributed by atoms with E-state index in [0.29, 0.717) is 25.1 Å². The fourth-order valence-corrected chi connectivity index (χ4v) is 3.55. The Morgan fingerprint density at radius 2 is 2.00 bits per heavy atom. The van der Waals surface area contributed by atoms with Crippen molar-refractivity contribution in [2.75, 3.05) is 18.1 Å². The van der Waals surface area contributed by atoms with Crippen LogP contribution >= 0.6 is 15.9 Å². The number of sulfonamides is 1. The first kappa shape index (κ1) is 14.5. The van der Waals surface area contributed by atoms with Crippen LogP contribution in [0.2, 0.25) is 0 Å². The maximum Gasteiger partial charge on any atom is 0.242 e. The van der Waals surface area contributed by atoms with Crippen LogP contribution in [0.15, 0.2) is 28.7 Å². The van der Waals surface area contributed by atoms with E-state index in [-0.39, 0.29) is 5.91 Å². The zero-order chi connectivity index (χ0) is 14.0. The predicted molar refractivity (Wildman–Crippen MR) is 77.3 cm³/mol. The lowest BCUT2D eigenvalue weighted by Gasteiger charge is -2.21. The smallest absolute Gasteiger partial charge is 0.242 e. The SMILES string of the molecule is CS(=O)(=O)N1CCCC1C(=O)Nc1ccc(Br)cc1. The quantitative estimate of drug-likeness (QED) is 0.907. The Morgan fingerprint density at radius 1 is 1.37 bits per heavy atom. The number of nitrogens with one attached hydrogen (secondary N) is 1. The summed E-state index contributed by atoms with van der Waals surface area (Å²) in [5, 5.41) is 2.75. The molecule has 1 N–H and O–H groups in total. The van der Waals surface area contributed by atoms with E-state index in [1.807, 2.05) is 12.1 Å². The van der Waals surface area contributed by atoms with Crippen molar-refractivity contribution in [3.05, 3.63) is 28.7 Å². The van der Waals surface area contributed by atoms with Crippen molar-refractivity contribution >= 4 is 37.5 Å². The van der Waals surface area contributed by atoms with E-state index in [1.165, 1.54) is 4.31 Å². The van der Waals surface area contributed by atoms with Gasteiger partial charge in [0.05, 0.1) is 6.26 Å². The van der Waals surface area contributed by atoms with Crippen LogP contribution in [0.3, 0.4) is 0 Å². The lowest BCUT2D eigenvalue weighted by Crippen LogP contribution is -2.42. The van der Waals surface area contributed by atoms with Crippen molar-refractivity contribution in [1.82, 2.24) is 4.31 Å². The highest BCUT2D eigenvalue weighted by Gasteiger charge is 2.36. The number of carbonyl (C=O) groups is 1. The molecular formula is C12H15BrN2O3S. The molecule has 1 unspecified atom stereocenters. The van der Waals surface area contributed by atoms with E-state index in [4.69, 9.17) is 0 Å². The third-order valence-electron chi connectivity index (χ3n) is 3.04. The average molecular weight is 347 g/mol.